The van der Waals surface area contributed by atoms with Gasteiger partial charge in [-0.1, -0.05) is 34.6 Å². The summed E-state index contributed by atoms with van der Waals surface area (Å²) in [5.74, 6) is 1.34. The van der Waals surface area contributed by atoms with Crippen LogP contribution in [0.25, 0.3) is 11.4 Å². The third-order valence-electron chi connectivity index (χ3n) is 7.37. The predicted molar refractivity (Wildman–Crippen MR) is 100 cm³/mol. The zero-order chi connectivity index (χ0) is 18.1. The van der Waals surface area contributed by atoms with Crippen LogP contribution < -0.4 is 9.25 Å². The van der Waals surface area contributed by atoms with Crippen LogP contribution in [0.4, 0.5) is 0 Å². The number of nitrogens with one attached hydrogen (secondary N) is 1. The first-order chi connectivity index (χ1) is 11.7. The van der Waals surface area contributed by atoms with Crippen LogP contribution in [0.3, 0.4) is 0 Å². The summed E-state index contributed by atoms with van der Waals surface area (Å²) in [6.45, 7) is 12.0. The highest BCUT2D eigenvalue weighted by molar-refractivity contribution is 5.61. The molecule has 3 nitrogen and oxygen atoms in total. The molecule has 0 radical (unpaired) electrons. The second-order valence-corrected chi connectivity index (χ2v) is 9.58. The second-order valence-electron chi connectivity index (χ2n) is 9.58. The van der Waals surface area contributed by atoms with Crippen molar-refractivity contribution in [3.63, 3.8) is 0 Å². The summed E-state index contributed by atoms with van der Waals surface area (Å²) in [5, 5.41) is 3.74. The van der Waals surface area contributed by atoms with E-state index < -0.39 is 0 Å². The van der Waals surface area contributed by atoms with Crippen molar-refractivity contribution in [1.82, 2.24) is 5.10 Å². The number of aryl methyl sites for hydroxylation is 2. The van der Waals surface area contributed by atoms with Crippen LogP contribution in [-0.4, -0.2) is 5.10 Å². The molecule has 0 aromatic carbocycles. The number of hydrogen-bond donors (Lipinski definition) is 1. The van der Waals surface area contributed by atoms with Gasteiger partial charge in [-0.25, -0.2) is 0 Å². The van der Waals surface area contributed by atoms with Gasteiger partial charge < -0.3 is 0 Å². The van der Waals surface area contributed by atoms with Crippen LogP contribution in [0.1, 0.15) is 70.2 Å². The smallest absolute Gasteiger partial charge is 0.196 e. The van der Waals surface area contributed by atoms with Crippen molar-refractivity contribution in [3.05, 3.63) is 35.2 Å². The van der Waals surface area contributed by atoms with Crippen molar-refractivity contribution in [2.45, 2.75) is 65.2 Å². The average molecular weight is 340 g/mol. The molecule has 134 valence electrons. The van der Waals surface area contributed by atoms with Gasteiger partial charge in [0.05, 0.1) is 11.3 Å². The van der Waals surface area contributed by atoms with E-state index in [0.717, 1.165) is 6.42 Å². The summed E-state index contributed by atoms with van der Waals surface area (Å²) in [6, 6.07) is 4.68. The summed E-state index contributed by atoms with van der Waals surface area (Å²) < 4.78 is 4.56. The molecule has 1 N–H and O–H groups in total. The Bertz CT molecular complexity index is 843. The van der Waals surface area contributed by atoms with Crippen LogP contribution in [0.5, 0.6) is 0 Å². The van der Waals surface area contributed by atoms with Gasteiger partial charge in [-0.15, -0.1) is 4.68 Å². The summed E-state index contributed by atoms with van der Waals surface area (Å²) in [6.07, 6.45) is 5.98. The van der Waals surface area contributed by atoms with Crippen molar-refractivity contribution in [3.8, 4) is 11.4 Å². The first kappa shape index (κ1) is 16.8. The highest BCUT2D eigenvalue weighted by atomic mass is 15.3. The molecule has 2 atom stereocenters. The van der Waals surface area contributed by atoms with E-state index in [-0.39, 0.29) is 5.41 Å². The Labute approximate surface area is 152 Å². The van der Waals surface area contributed by atoms with E-state index >= 15 is 0 Å². The minimum atomic E-state index is 0.275. The third-order valence-corrected chi connectivity index (χ3v) is 7.37. The van der Waals surface area contributed by atoms with Crippen LogP contribution >= 0.6 is 0 Å². The van der Waals surface area contributed by atoms with Gasteiger partial charge in [-0.3, -0.25) is 0 Å². The molecule has 0 spiro atoms. The minimum Gasteiger partial charge on any atom is -0.196 e. The first-order valence-electron chi connectivity index (χ1n) is 9.78. The normalized spacial score (nSPS) is 26.5. The number of rotatable bonds is 3. The van der Waals surface area contributed by atoms with Crippen molar-refractivity contribution < 1.29 is 9.25 Å². The van der Waals surface area contributed by atoms with Gasteiger partial charge in [0.2, 0.25) is 0 Å². The van der Waals surface area contributed by atoms with Gasteiger partial charge >= 0.3 is 5.69 Å². The van der Waals surface area contributed by atoms with E-state index in [2.05, 4.69) is 81.4 Å². The number of H-pyrrole nitrogens is 1. The molecule has 1 saturated carbocycles. The molecule has 2 bridgehead atoms. The fourth-order valence-electron chi connectivity index (χ4n) is 5.55. The summed E-state index contributed by atoms with van der Waals surface area (Å²) in [7, 11) is 4.35. The van der Waals surface area contributed by atoms with Crippen molar-refractivity contribution in [1.29, 1.82) is 0 Å². The van der Waals surface area contributed by atoms with E-state index in [9.17, 15) is 0 Å². The zero-order valence-corrected chi connectivity index (χ0v) is 16.9. The highest BCUT2D eigenvalue weighted by Crippen LogP contribution is 2.68. The average Bonchev–Trinajstić information content (AvgIpc) is 3.02. The van der Waals surface area contributed by atoms with Crippen molar-refractivity contribution in [2.75, 3.05) is 0 Å². The molecule has 2 aromatic heterocycles. The maximum Gasteiger partial charge on any atom is 0.305 e. The molecule has 2 heterocycles. The van der Waals surface area contributed by atoms with Gasteiger partial charge in [0.1, 0.15) is 7.05 Å². The lowest BCUT2D eigenvalue weighted by Crippen LogP contribution is -2.41. The Balaban J connectivity index is 1.91. The highest BCUT2D eigenvalue weighted by Gasteiger charge is 2.64. The Morgan fingerprint density at radius 2 is 1.96 bits per heavy atom. The number of pyridine rings is 1. The number of aromatic nitrogens is 3. The fourth-order valence-corrected chi connectivity index (χ4v) is 5.55. The Kier molecular flexibility index (Phi) is 3.49. The number of hydrogen-bond acceptors (Lipinski definition) is 0. The molecule has 3 heteroatoms. The van der Waals surface area contributed by atoms with Gasteiger partial charge in [0.25, 0.3) is 5.69 Å². The van der Waals surface area contributed by atoms with E-state index in [0.29, 0.717) is 17.3 Å². The van der Waals surface area contributed by atoms with Gasteiger partial charge in [-0.2, -0.15) is 9.67 Å². The quantitative estimate of drug-likeness (QED) is 0.825. The maximum absolute atomic E-state index is 3.74. The lowest BCUT2D eigenvalue weighted by Gasteiger charge is -2.33. The fraction of sp³-hybridized carbons (Fsp3) is 0.636. The molecular formula is C22H33N3+2. The molecule has 4 rings (SSSR count). The number of fused-ring (bicyclic) bond motifs is 5. The molecule has 2 aromatic rings. The molecule has 25 heavy (non-hydrogen) atoms. The Hall–Kier alpha value is -1.64. The third kappa shape index (κ3) is 2.10. The monoisotopic (exact) mass is 339 g/mol. The van der Waals surface area contributed by atoms with Crippen LogP contribution in [0.15, 0.2) is 18.3 Å². The van der Waals surface area contributed by atoms with Crippen LogP contribution in [0, 0.1) is 11.3 Å². The summed E-state index contributed by atoms with van der Waals surface area (Å²) in [5.41, 5.74) is 7.85. The molecule has 2 aliphatic carbocycles. The summed E-state index contributed by atoms with van der Waals surface area (Å²) >= 11 is 0. The summed E-state index contributed by atoms with van der Waals surface area (Å²) in [4.78, 5) is 0. The van der Waals surface area contributed by atoms with E-state index in [1.807, 2.05) is 0 Å². The van der Waals surface area contributed by atoms with Gasteiger partial charge in [0.15, 0.2) is 13.2 Å². The standard InChI is InChI=1S/C22H32N3/c1-14(2)12-15-9-11-24(6)17(13-15)19-18-16-8-10-22(5,21(16,3)4)20(18)23-25(19)7/h9,11,13-14,16H,8,10,12H2,1-7H3/q+1/p+1. The molecule has 2 unspecified atom stereocenters. The largest absolute Gasteiger partial charge is 0.305 e. The molecule has 0 aliphatic heterocycles. The van der Waals surface area contributed by atoms with E-state index in [4.69, 9.17) is 0 Å². The number of nitrogens with zero attached hydrogens (tertiary/aromatic N) is 2. The zero-order valence-electron chi connectivity index (χ0n) is 16.9. The van der Waals surface area contributed by atoms with E-state index in [1.165, 1.54) is 35.5 Å². The van der Waals surface area contributed by atoms with Gasteiger partial charge in [0, 0.05) is 17.5 Å². The van der Waals surface area contributed by atoms with Crippen molar-refractivity contribution >= 4 is 0 Å². The lowest BCUT2D eigenvalue weighted by molar-refractivity contribution is -0.729. The topological polar surface area (TPSA) is 23.5 Å². The molecule has 2 aliphatic rings. The maximum atomic E-state index is 3.74. The lowest BCUT2D eigenvalue weighted by atomic mass is 9.70. The molecule has 0 saturated heterocycles. The predicted octanol–water partition coefficient (Wildman–Crippen LogP) is 3.70. The van der Waals surface area contributed by atoms with Crippen LogP contribution in [-0.2, 0) is 25.9 Å². The Morgan fingerprint density at radius 1 is 1.24 bits per heavy atom. The second kappa shape index (κ2) is 5.18. The molecular weight excluding hydrogens is 306 g/mol. The Morgan fingerprint density at radius 3 is 2.64 bits per heavy atom. The number of aromatic amines is 1. The van der Waals surface area contributed by atoms with Gasteiger partial charge in [-0.05, 0) is 42.1 Å². The molecule has 0 amide bonds. The molecule has 1 fully saturated rings. The van der Waals surface area contributed by atoms with Crippen LogP contribution in [0.2, 0.25) is 0 Å². The van der Waals surface area contributed by atoms with Crippen molar-refractivity contribution in [2.24, 2.45) is 25.4 Å². The van der Waals surface area contributed by atoms with E-state index in [1.54, 1.807) is 5.56 Å². The SMILES string of the molecule is CC(C)Cc1cc[n+](C)c(-c2c3c([nH][n+]2C)C2(C)CCC3C2(C)C)c1. The first-order valence-corrected chi connectivity index (χ1v) is 9.78. The minimum absolute atomic E-state index is 0.275.